The Balaban J connectivity index is 1.42. The normalized spacial score (nSPS) is 31.5. The van der Waals surface area contributed by atoms with E-state index in [1.165, 1.54) is 31.9 Å². The van der Waals surface area contributed by atoms with Crippen LogP contribution in [0, 0.1) is 17.8 Å². The van der Waals surface area contributed by atoms with Gasteiger partial charge in [-0.2, -0.15) is 4.31 Å². The van der Waals surface area contributed by atoms with Crippen LogP contribution in [0.1, 0.15) is 45.4 Å². The van der Waals surface area contributed by atoms with Gasteiger partial charge in [0.05, 0.1) is 0 Å². The van der Waals surface area contributed by atoms with E-state index in [2.05, 4.69) is 17.2 Å². The van der Waals surface area contributed by atoms with Crippen molar-refractivity contribution in [1.82, 2.24) is 9.29 Å². The molecule has 4 unspecified atom stereocenters. The average Bonchev–Trinajstić information content (AvgIpc) is 3.32. The summed E-state index contributed by atoms with van der Waals surface area (Å²) in [4.78, 5) is 4.68. The molecule has 0 spiro atoms. The molecule has 2 aliphatic carbocycles. The monoisotopic (exact) mass is 349 g/mol. The summed E-state index contributed by atoms with van der Waals surface area (Å²) in [5.41, 5.74) is 0. The lowest BCUT2D eigenvalue weighted by Crippen LogP contribution is -2.30. The second-order valence-electron chi connectivity index (χ2n) is 7.76. The van der Waals surface area contributed by atoms with Crippen molar-refractivity contribution in [2.45, 2.75) is 56.4 Å². The Morgan fingerprint density at radius 2 is 2.00 bits per heavy atom. The first kappa shape index (κ1) is 16.3. The molecule has 1 aromatic rings. The van der Waals surface area contributed by atoms with Crippen molar-refractivity contribution >= 4 is 15.8 Å². The molecule has 0 aromatic carbocycles. The fraction of sp³-hybridized carbons (Fsp3) is 0.722. The van der Waals surface area contributed by atoms with Crippen LogP contribution in [0.5, 0.6) is 0 Å². The summed E-state index contributed by atoms with van der Waals surface area (Å²) < 4.78 is 26.6. The third-order valence-electron chi connectivity index (χ3n) is 6.25. The van der Waals surface area contributed by atoms with E-state index in [1.54, 1.807) is 10.4 Å². The van der Waals surface area contributed by atoms with Gasteiger partial charge in [-0.05, 0) is 68.9 Å². The number of fused-ring (bicyclic) bond motifs is 2. The SMILES string of the molecule is CC(Nc1ccc(S(=O)(=O)N2CCCC2)cn1)C1CC2CCC1C2. The first-order valence-corrected chi connectivity index (χ1v) is 10.7. The third-order valence-corrected chi connectivity index (χ3v) is 8.13. The van der Waals surface area contributed by atoms with Gasteiger partial charge in [0.2, 0.25) is 10.0 Å². The number of pyridine rings is 1. The van der Waals surface area contributed by atoms with Gasteiger partial charge in [-0.3, -0.25) is 0 Å². The summed E-state index contributed by atoms with van der Waals surface area (Å²) in [6.07, 6.45) is 8.93. The summed E-state index contributed by atoms with van der Waals surface area (Å²) in [6, 6.07) is 3.90. The van der Waals surface area contributed by atoms with Gasteiger partial charge in [-0.25, -0.2) is 13.4 Å². The molecule has 5 nitrogen and oxygen atoms in total. The predicted octanol–water partition coefficient (Wildman–Crippen LogP) is 3.10. The summed E-state index contributed by atoms with van der Waals surface area (Å²) in [7, 11) is -3.36. The van der Waals surface area contributed by atoms with E-state index < -0.39 is 10.0 Å². The van der Waals surface area contributed by atoms with E-state index in [4.69, 9.17) is 0 Å². The van der Waals surface area contributed by atoms with Crippen molar-refractivity contribution in [3.8, 4) is 0 Å². The van der Waals surface area contributed by atoms with Crippen molar-refractivity contribution < 1.29 is 8.42 Å². The predicted molar refractivity (Wildman–Crippen MR) is 94.3 cm³/mol. The van der Waals surface area contributed by atoms with Crippen LogP contribution in [-0.4, -0.2) is 36.8 Å². The van der Waals surface area contributed by atoms with E-state index in [9.17, 15) is 8.42 Å². The first-order chi connectivity index (χ1) is 11.5. The minimum absolute atomic E-state index is 0.308. The highest BCUT2D eigenvalue weighted by atomic mass is 32.2. The second-order valence-corrected chi connectivity index (χ2v) is 9.70. The number of hydrogen-bond donors (Lipinski definition) is 1. The Labute approximate surface area is 144 Å². The van der Waals surface area contributed by atoms with Crippen LogP contribution in [0.2, 0.25) is 0 Å². The summed E-state index contributed by atoms with van der Waals surface area (Å²) in [6.45, 7) is 3.50. The topological polar surface area (TPSA) is 62.3 Å². The van der Waals surface area contributed by atoms with Crippen LogP contribution in [0.15, 0.2) is 23.2 Å². The summed E-state index contributed by atoms with van der Waals surface area (Å²) in [5, 5.41) is 3.50. The maximum absolute atomic E-state index is 12.5. The highest BCUT2D eigenvalue weighted by Gasteiger charge is 2.41. The molecule has 4 rings (SSSR count). The van der Waals surface area contributed by atoms with E-state index in [0.717, 1.165) is 36.4 Å². The molecule has 6 heteroatoms. The van der Waals surface area contributed by atoms with Gasteiger partial charge >= 0.3 is 0 Å². The highest BCUT2D eigenvalue weighted by Crippen LogP contribution is 2.49. The van der Waals surface area contributed by atoms with Crippen molar-refractivity contribution in [2.75, 3.05) is 18.4 Å². The second kappa shape index (κ2) is 6.30. The summed E-state index contributed by atoms with van der Waals surface area (Å²) >= 11 is 0. The van der Waals surface area contributed by atoms with Crippen molar-refractivity contribution in [2.24, 2.45) is 17.8 Å². The smallest absolute Gasteiger partial charge is 0.244 e. The maximum atomic E-state index is 12.5. The third kappa shape index (κ3) is 2.94. The van der Waals surface area contributed by atoms with Crippen LogP contribution in [0.3, 0.4) is 0 Å². The number of aromatic nitrogens is 1. The Hall–Kier alpha value is -1.14. The minimum Gasteiger partial charge on any atom is -0.367 e. The Morgan fingerprint density at radius 3 is 2.58 bits per heavy atom. The van der Waals surface area contributed by atoms with Gasteiger partial charge < -0.3 is 5.32 Å². The average molecular weight is 350 g/mol. The molecule has 2 saturated carbocycles. The lowest BCUT2D eigenvalue weighted by molar-refractivity contribution is 0.304. The van der Waals surface area contributed by atoms with Gasteiger partial charge in [-0.15, -0.1) is 0 Å². The molecule has 4 atom stereocenters. The number of sulfonamides is 1. The Morgan fingerprint density at radius 1 is 1.21 bits per heavy atom. The first-order valence-electron chi connectivity index (χ1n) is 9.27. The van der Waals surface area contributed by atoms with E-state index in [-0.39, 0.29) is 0 Å². The van der Waals surface area contributed by atoms with Gasteiger partial charge in [0.25, 0.3) is 0 Å². The van der Waals surface area contributed by atoms with Crippen molar-refractivity contribution in [3.63, 3.8) is 0 Å². The van der Waals surface area contributed by atoms with Crippen LogP contribution < -0.4 is 5.32 Å². The fourth-order valence-corrected chi connectivity index (χ4v) is 6.41. The Bertz CT molecular complexity index is 683. The van der Waals surface area contributed by atoms with E-state index in [1.807, 2.05) is 6.07 Å². The Kier molecular flexibility index (Phi) is 4.29. The molecule has 2 heterocycles. The van der Waals surface area contributed by atoms with Crippen molar-refractivity contribution in [1.29, 1.82) is 0 Å². The van der Waals surface area contributed by atoms with Gasteiger partial charge in [0, 0.05) is 25.3 Å². The zero-order chi connectivity index (χ0) is 16.7. The number of nitrogens with zero attached hydrogens (tertiary/aromatic N) is 2. The molecular weight excluding hydrogens is 322 g/mol. The van der Waals surface area contributed by atoms with Crippen LogP contribution >= 0.6 is 0 Å². The zero-order valence-electron chi connectivity index (χ0n) is 14.3. The van der Waals surface area contributed by atoms with Gasteiger partial charge in [0.15, 0.2) is 0 Å². The molecule has 3 fully saturated rings. The maximum Gasteiger partial charge on any atom is 0.244 e. The van der Waals surface area contributed by atoms with Crippen LogP contribution in [0.25, 0.3) is 0 Å². The number of hydrogen-bond acceptors (Lipinski definition) is 4. The van der Waals surface area contributed by atoms with Gasteiger partial charge in [-0.1, -0.05) is 6.42 Å². The minimum atomic E-state index is -3.36. The van der Waals surface area contributed by atoms with Crippen molar-refractivity contribution in [3.05, 3.63) is 18.3 Å². The highest BCUT2D eigenvalue weighted by molar-refractivity contribution is 7.89. The molecule has 0 radical (unpaired) electrons. The standard InChI is InChI=1S/C18H27N3O2S/c1-13(17-11-14-4-5-15(17)10-14)20-18-7-6-16(12-19-18)24(22,23)21-8-2-3-9-21/h6-7,12-15,17H,2-5,8-11H2,1H3,(H,19,20). The van der Waals surface area contributed by atoms with E-state index >= 15 is 0 Å². The quantitative estimate of drug-likeness (QED) is 0.887. The van der Waals surface area contributed by atoms with E-state index in [0.29, 0.717) is 24.0 Å². The molecule has 2 bridgehead atoms. The molecule has 24 heavy (non-hydrogen) atoms. The molecule has 3 aliphatic rings. The zero-order valence-corrected chi connectivity index (χ0v) is 15.1. The van der Waals surface area contributed by atoms with Crippen LogP contribution in [0.4, 0.5) is 5.82 Å². The molecule has 1 saturated heterocycles. The molecule has 0 amide bonds. The molecule has 132 valence electrons. The fourth-order valence-electron chi connectivity index (χ4n) is 4.94. The molecular formula is C18H27N3O2S. The lowest BCUT2D eigenvalue weighted by Gasteiger charge is -2.29. The van der Waals surface area contributed by atoms with Gasteiger partial charge in [0.1, 0.15) is 10.7 Å². The van der Waals surface area contributed by atoms with Crippen LogP contribution in [-0.2, 0) is 10.0 Å². The summed E-state index contributed by atoms with van der Waals surface area (Å²) in [5.74, 6) is 3.32. The molecule has 1 N–H and O–H groups in total. The largest absolute Gasteiger partial charge is 0.367 e. The number of anilines is 1. The number of nitrogens with one attached hydrogen (secondary N) is 1. The lowest BCUT2D eigenvalue weighted by atomic mass is 9.84. The molecule has 1 aromatic heterocycles. The number of rotatable bonds is 5. The molecule has 1 aliphatic heterocycles.